The number of benzene rings is 1. The molecule has 2 amide bonds. The molecular weight excluding hydrogens is 390 g/mol. The van der Waals surface area contributed by atoms with Crippen LogP contribution in [0.5, 0.6) is 5.75 Å². The average molecular weight is 424 g/mol. The van der Waals surface area contributed by atoms with Crippen LogP contribution >= 0.6 is 11.6 Å². The average Bonchev–Trinajstić information content (AvgIpc) is 3.19. The Kier molecular flexibility index (Phi) is 8.04. The maximum atomic E-state index is 12.5. The van der Waals surface area contributed by atoms with Crippen molar-refractivity contribution < 1.29 is 14.3 Å². The van der Waals surface area contributed by atoms with Gasteiger partial charge in [-0.1, -0.05) is 18.5 Å². The van der Waals surface area contributed by atoms with Gasteiger partial charge < -0.3 is 25.0 Å². The number of methoxy groups -OCH3 is 1. The Labute approximate surface area is 179 Å². The zero-order valence-electron chi connectivity index (χ0n) is 17.6. The quantitative estimate of drug-likeness (QED) is 0.672. The van der Waals surface area contributed by atoms with Crippen LogP contribution in [-0.4, -0.2) is 64.0 Å². The minimum absolute atomic E-state index is 0.106. The predicted octanol–water partition coefficient (Wildman–Crippen LogP) is 3.43. The summed E-state index contributed by atoms with van der Waals surface area (Å²) < 4.78 is 11.2. The number of carbonyl (C=O) groups is 1. The molecule has 1 aromatic carbocycles. The van der Waals surface area contributed by atoms with E-state index in [1.165, 1.54) is 6.42 Å². The van der Waals surface area contributed by atoms with E-state index < -0.39 is 0 Å². The fourth-order valence-electron chi connectivity index (χ4n) is 4.55. The molecule has 0 aromatic heterocycles. The third kappa shape index (κ3) is 5.77. The number of ether oxygens (including phenoxy) is 2. The smallest absolute Gasteiger partial charge is 0.314 e. The van der Waals surface area contributed by atoms with Gasteiger partial charge in [0.1, 0.15) is 5.75 Å². The van der Waals surface area contributed by atoms with Gasteiger partial charge in [-0.05, 0) is 62.9 Å². The lowest BCUT2D eigenvalue weighted by molar-refractivity contribution is 0.0498. The van der Waals surface area contributed by atoms with Crippen LogP contribution in [0.4, 0.5) is 4.79 Å². The molecule has 3 rings (SSSR count). The number of nitrogens with zero attached hydrogens (tertiary/aromatic N) is 1. The highest BCUT2D eigenvalue weighted by atomic mass is 35.5. The Morgan fingerprint density at radius 2 is 2.14 bits per heavy atom. The van der Waals surface area contributed by atoms with Crippen LogP contribution in [0.1, 0.15) is 38.2 Å². The van der Waals surface area contributed by atoms with E-state index in [0.29, 0.717) is 30.7 Å². The van der Waals surface area contributed by atoms with Gasteiger partial charge >= 0.3 is 6.03 Å². The fraction of sp³-hybridized carbons (Fsp3) is 0.682. The van der Waals surface area contributed by atoms with Crippen LogP contribution in [0.2, 0.25) is 5.02 Å². The summed E-state index contributed by atoms with van der Waals surface area (Å²) in [7, 11) is 1.67. The Balaban J connectivity index is 1.58. The number of halogens is 1. The fourth-order valence-corrected chi connectivity index (χ4v) is 4.72. The highest BCUT2D eigenvalue weighted by Gasteiger charge is 2.37. The van der Waals surface area contributed by atoms with Gasteiger partial charge in [0.25, 0.3) is 0 Å². The van der Waals surface area contributed by atoms with Crippen molar-refractivity contribution in [2.45, 2.75) is 38.0 Å². The number of urea groups is 1. The van der Waals surface area contributed by atoms with E-state index >= 15 is 0 Å². The summed E-state index contributed by atoms with van der Waals surface area (Å²) in [4.78, 5) is 15.0. The summed E-state index contributed by atoms with van der Waals surface area (Å²) in [5, 5.41) is 6.85. The van der Waals surface area contributed by atoms with Gasteiger partial charge in [-0.15, -0.1) is 0 Å². The lowest BCUT2D eigenvalue weighted by atomic mass is 9.73. The number of hydrogen-bond acceptors (Lipinski definition) is 4. The highest BCUT2D eigenvalue weighted by molar-refractivity contribution is 6.30. The van der Waals surface area contributed by atoms with Crippen LogP contribution in [0, 0.1) is 5.92 Å². The van der Waals surface area contributed by atoms with E-state index in [-0.39, 0.29) is 11.4 Å². The normalized spacial score (nSPS) is 21.7. The van der Waals surface area contributed by atoms with Gasteiger partial charge in [-0.3, -0.25) is 0 Å². The zero-order valence-corrected chi connectivity index (χ0v) is 18.4. The third-order valence-corrected chi connectivity index (χ3v) is 6.47. The Morgan fingerprint density at radius 1 is 1.34 bits per heavy atom. The number of likely N-dealkylation sites (tertiary alicyclic amines) is 1. The zero-order chi connectivity index (χ0) is 20.7. The first-order valence-electron chi connectivity index (χ1n) is 10.7. The van der Waals surface area contributed by atoms with E-state index in [2.05, 4.69) is 22.5 Å². The van der Waals surface area contributed by atoms with Crippen molar-refractivity contribution in [2.24, 2.45) is 5.92 Å². The number of nitrogens with one attached hydrogen (secondary N) is 2. The molecule has 162 valence electrons. The molecule has 7 heteroatoms. The second-order valence-corrected chi connectivity index (χ2v) is 8.69. The van der Waals surface area contributed by atoms with Crippen molar-refractivity contribution in [3.05, 3.63) is 28.8 Å². The molecule has 0 radical (unpaired) electrons. The summed E-state index contributed by atoms with van der Waals surface area (Å²) in [5.41, 5.74) is 0.805. The molecule has 0 aliphatic carbocycles. The van der Waals surface area contributed by atoms with Gasteiger partial charge in [-0.2, -0.15) is 0 Å². The SMILES string of the molecule is CCCN1CCC(CNC(=O)NCC2(c3cc(Cl)ccc3OC)CCOCC2)C1. The molecule has 2 N–H and O–H groups in total. The van der Waals surface area contributed by atoms with Crippen molar-refractivity contribution in [1.82, 2.24) is 15.5 Å². The number of rotatable bonds is 8. The maximum Gasteiger partial charge on any atom is 0.314 e. The summed E-state index contributed by atoms with van der Waals surface area (Å²) in [6, 6.07) is 5.59. The summed E-state index contributed by atoms with van der Waals surface area (Å²) in [6.45, 7) is 8.15. The standard InChI is InChI=1S/C22H34ClN3O3/c1-3-9-26-10-6-17(15-26)14-24-21(27)25-16-22(7-11-29-12-8-22)19-13-18(23)4-5-20(19)28-2/h4-5,13,17H,3,6-12,14-16H2,1-2H3,(H2,24,25,27). The predicted molar refractivity (Wildman–Crippen MR) is 116 cm³/mol. The molecule has 0 saturated carbocycles. The lowest BCUT2D eigenvalue weighted by Crippen LogP contribution is -2.48. The Morgan fingerprint density at radius 3 is 2.86 bits per heavy atom. The first kappa shape index (κ1) is 22.2. The number of amides is 2. The minimum Gasteiger partial charge on any atom is -0.496 e. The molecule has 2 heterocycles. The van der Waals surface area contributed by atoms with Gasteiger partial charge in [0.15, 0.2) is 0 Å². The molecule has 6 nitrogen and oxygen atoms in total. The molecular formula is C22H34ClN3O3. The van der Waals surface area contributed by atoms with Crippen LogP contribution in [0.25, 0.3) is 0 Å². The number of carbonyl (C=O) groups excluding carboxylic acids is 1. The monoisotopic (exact) mass is 423 g/mol. The maximum absolute atomic E-state index is 12.5. The second-order valence-electron chi connectivity index (χ2n) is 8.26. The van der Waals surface area contributed by atoms with Crippen molar-refractivity contribution >= 4 is 17.6 Å². The van der Waals surface area contributed by atoms with Crippen LogP contribution in [-0.2, 0) is 10.2 Å². The van der Waals surface area contributed by atoms with E-state index in [1.54, 1.807) is 7.11 Å². The van der Waals surface area contributed by atoms with E-state index in [9.17, 15) is 4.79 Å². The topological polar surface area (TPSA) is 62.8 Å². The van der Waals surface area contributed by atoms with Gasteiger partial charge in [-0.25, -0.2) is 4.79 Å². The summed E-state index contributed by atoms with van der Waals surface area (Å²) in [6.07, 6.45) is 3.97. The van der Waals surface area contributed by atoms with Crippen LogP contribution < -0.4 is 15.4 Å². The van der Waals surface area contributed by atoms with Gasteiger partial charge in [0, 0.05) is 48.8 Å². The Hall–Kier alpha value is -1.50. The Bertz CT molecular complexity index is 679. The molecule has 29 heavy (non-hydrogen) atoms. The molecule has 0 bridgehead atoms. The largest absolute Gasteiger partial charge is 0.496 e. The van der Waals surface area contributed by atoms with E-state index in [1.807, 2.05) is 18.2 Å². The molecule has 1 aromatic rings. The molecule has 2 aliphatic rings. The summed E-state index contributed by atoms with van der Waals surface area (Å²) in [5.74, 6) is 1.35. The number of hydrogen-bond donors (Lipinski definition) is 2. The molecule has 1 atom stereocenters. The van der Waals surface area contributed by atoms with Crippen molar-refractivity contribution in [1.29, 1.82) is 0 Å². The molecule has 0 spiro atoms. The lowest BCUT2D eigenvalue weighted by Gasteiger charge is -2.38. The summed E-state index contributed by atoms with van der Waals surface area (Å²) >= 11 is 6.28. The van der Waals surface area contributed by atoms with Crippen LogP contribution in [0.15, 0.2) is 18.2 Å². The van der Waals surface area contributed by atoms with Gasteiger partial charge in [0.05, 0.1) is 7.11 Å². The van der Waals surface area contributed by atoms with Crippen molar-refractivity contribution in [3.8, 4) is 5.75 Å². The minimum atomic E-state index is -0.239. The van der Waals surface area contributed by atoms with E-state index in [0.717, 1.165) is 56.8 Å². The second kappa shape index (κ2) is 10.5. The van der Waals surface area contributed by atoms with E-state index in [4.69, 9.17) is 21.1 Å². The highest BCUT2D eigenvalue weighted by Crippen LogP contribution is 2.40. The van der Waals surface area contributed by atoms with Crippen LogP contribution in [0.3, 0.4) is 0 Å². The first-order chi connectivity index (χ1) is 14.1. The van der Waals surface area contributed by atoms with Crippen molar-refractivity contribution in [3.63, 3.8) is 0 Å². The molecule has 2 aliphatic heterocycles. The van der Waals surface area contributed by atoms with Gasteiger partial charge in [0.2, 0.25) is 0 Å². The first-order valence-corrected chi connectivity index (χ1v) is 11.1. The van der Waals surface area contributed by atoms with Crippen molar-refractivity contribution in [2.75, 3.05) is 53.0 Å². The molecule has 2 fully saturated rings. The molecule has 1 unspecified atom stereocenters. The third-order valence-electron chi connectivity index (χ3n) is 6.23. The molecule has 2 saturated heterocycles.